The van der Waals surface area contributed by atoms with Crippen LogP contribution in [0.1, 0.15) is 156 Å². The molecule has 0 aliphatic heterocycles. The second-order valence-electron chi connectivity index (χ2n) is 10.9. The summed E-state index contributed by atoms with van der Waals surface area (Å²) in [5.41, 5.74) is 0. The van der Waals surface area contributed by atoms with Gasteiger partial charge in [-0.25, -0.2) is 0 Å². The van der Waals surface area contributed by atoms with Gasteiger partial charge in [0.05, 0.1) is 19.8 Å². The Balaban J connectivity index is 3.89. The van der Waals surface area contributed by atoms with Crippen LogP contribution < -0.4 is 0 Å². The van der Waals surface area contributed by atoms with Crippen molar-refractivity contribution < 1.29 is 13.6 Å². The number of hydrogen-bond acceptors (Lipinski definition) is 6. The molecule has 0 radical (unpaired) electrons. The first-order chi connectivity index (χ1) is 19.8. The summed E-state index contributed by atoms with van der Waals surface area (Å²) < 4.78 is 18.3. The largest absolute Gasteiger partial charge is 0.332 e. The molecule has 0 atom stereocenters. The summed E-state index contributed by atoms with van der Waals surface area (Å²) in [7, 11) is -1.20. The Labute approximate surface area is 266 Å². The molecule has 3 nitrogen and oxygen atoms in total. The van der Waals surface area contributed by atoms with Crippen molar-refractivity contribution in [2.75, 3.05) is 54.3 Å². The number of rotatable bonds is 36. The first kappa shape index (κ1) is 41.4. The first-order valence-electron chi connectivity index (χ1n) is 17.3. The van der Waals surface area contributed by atoms with E-state index in [0.717, 1.165) is 39.1 Å². The molecule has 0 heterocycles. The molecule has 0 amide bonds. The summed E-state index contributed by atoms with van der Waals surface area (Å²) in [6.45, 7) is 9.13. The lowest BCUT2D eigenvalue weighted by Crippen LogP contribution is -2.02. The van der Waals surface area contributed by atoms with Crippen molar-refractivity contribution in [3.63, 3.8) is 0 Å². The molecular weight excluding hydrogens is 572 g/mol. The highest BCUT2D eigenvalue weighted by molar-refractivity contribution is 7.99. The molecule has 0 aliphatic rings. The predicted molar refractivity (Wildman–Crippen MR) is 191 cm³/mol. The summed E-state index contributed by atoms with van der Waals surface area (Å²) in [6.07, 6.45) is 28.2. The third-order valence-corrected chi connectivity index (χ3v) is 11.5. The Hall–Kier alpha value is 1.36. The summed E-state index contributed by atoms with van der Waals surface area (Å²) in [5, 5.41) is 0. The average molecular weight is 641 g/mol. The van der Waals surface area contributed by atoms with Crippen LogP contribution in [0.5, 0.6) is 0 Å². The lowest BCUT2D eigenvalue weighted by Gasteiger charge is -2.17. The van der Waals surface area contributed by atoms with Gasteiger partial charge in [-0.2, -0.15) is 35.3 Å². The van der Waals surface area contributed by atoms with Crippen molar-refractivity contribution in [2.24, 2.45) is 0 Å². The van der Waals surface area contributed by atoms with Crippen LogP contribution in [0.4, 0.5) is 0 Å². The second-order valence-corrected chi connectivity index (χ2v) is 15.8. The van der Waals surface area contributed by atoms with E-state index in [0.29, 0.717) is 0 Å². The number of thioether (sulfide) groups is 3. The summed E-state index contributed by atoms with van der Waals surface area (Å²) in [5.74, 6) is 7.43. The fraction of sp³-hybridized carbons (Fsp3) is 1.00. The minimum Gasteiger partial charge on any atom is -0.312 e. The van der Waals surface area contributed by atoms with Crippen LogP contribution in [-0.4, -0.2) is 54.3 Å². The minimum atomic E-state index is -1.20. The van der Waals surface area contributed by atoms with E-state index in [9.17, 15) is 0 Å². The van der Waals surface area contributed by atoms with Gasteiger partial charge in [-0.15, -0.1) is 0 Å². The standard InChI is InChI=1S/C33H69O3PS3/c1-4-7-10-13-16-19-28-38-31-22-25-34-37(35-26-23-32-39-29-20-17-14-11-8-5-2)36-27-24-33-40-30-21-18-15-12-9-6-3/h4-33H2,1-3H3. The molecule has 0 saturated heterocycles. The minimum absolute atomic E-state index is 0.759. The van der Waals surface area contributed by atoms with Crippen LogP contribution in [0.2, 0.25) is 0 Å². The van der Waals surface area contributed by atoms with Gasteiger partial charge in [-0.1, -0.05) is 117 Å². The molecule has 0 aromatic heterocycles. The molecule has 0 saturated carbocycles. The monoisotopic (exact) mass is 640 g/mol. The van der Waals surface area contributed by atoms with E-state index in [1.54, 1.807) is 0 Å². The second kappa shape index (κ2) is 38.4. The zero-order valence-corrected chi connectivity index (χ0v) is 30.5. The van der Waals surface area contributed by atoms with Crippen LogP contribution in [0.3, 0.4) is 0 Å². The Morgan fingerprint density at radius 2 is 0.575 bits per heavy atom. The van der Waals surface area contributed by atoms with Crippen molar-refractivity contribution in [1.29, 1.82) is 0 Å². The van der Waals surface area contributed by atoms with Crippen molar-refractivity contribution in [3.8, 4) is 0 Å². The van der Waals surface area contributed by atoms with E-state index in [4.69, 9.17) is 13.6 Å². The zero-order chi connectivity index (χ0) is 29.0. The molecule has 0 N–H and O–H groups in total. The maximum Gasteiger partial charge on any atom is 0.332 e. The molecule has 0 spiro atoms. The van der Waals surface area contributed by atoms with Crippen molar-refractivity contribution in [1.82, 2.24) is 0 Å². The predicted octanol–water partition coefficient (Wildman–Crippen LogP) is 12.7. The van der Waals surface area contributed by atoms with Crippen LogP contribution in [0.15, 0.2) is 0 Å². The Bertz CT molecular complexity index is 387. The van der Waals surface area contributed by atoms with Crippen LogP contribution in [0.25, 0.3) is 0 Å². The molecule has 0 unspecified atom stereocenters. The smallest absolute Gasteiger partial charge is 0.312 e. The van der Waals surface area contributed by atoms with Gasteiger partial charge in [0.25, 0.3) is 0 Å². The fourth-order valence-corrected chi connectivity index (χ4v) is 8.13. The Morgan fingerprint density at radius 3 is 0.875 bits per heavy atom. The van der Waals surface area contributed by atoms with Gasteiger partial charge in [0.15, 0.2) is 0 Å². The van der Waals surface area contributed by atoms with Gasteiger partial charge in [0, 0.05) is 0 Å². The van der Waals surface area contributed by atoms with Gasteiger partial charge in [0.1, 0.15) is 0 Å². The first-order valence-corrected chi connectivity index (χ1v) is 21.8. The van der Waals surface area contributed by atoms with E-state index in [-0.39, 0.29) is 0 Å². The van der Waals surface area contributed by atoms with E-state index in [1.165, 1.54) is 150 Å². The van der Waals surface area contributed by atoms with Gasteiger partial charge < -0.3 is 13.6 Å². The summed E-state index contributed by atoms with van der Waals surface area (Å²) in [6, 6.07) is 0. The molecule has 242 valence electrons. The maximum atomic E-state index is 6.09. The van der Waals surface area contributed by atoms with Crippen LogP contribution in [-0.2, 0) is 13.6 Å². The topological polar surface area (TPSA) is 27.7 Å². The zero-order valence-electron chi connectivity index (χ0n) is 27.1. The Morgan fingerprint density at radius 1 is 0.325 bits per heavy atom. The highest BCUT2D eigenvalue weighted by Crippen LogP contribution is 2.40. The lowest BCUT2D eigenvalue weighted by atomic mass is 10.1. The number of unbranched alkanes of at least 4 members (excludes halogenated alkanes) is 15. The fourth-order valence-electron chi connectivity index (χ4n) is 4.27. The van der Waals surface area contributed by atoms with E-state index < -0.39 is 8.60 Å². The van der Waals surface area contributed by atoms with Gasteiger partial charge in [-0.05, 0) is 73.0 Å². The van der Waals surface area contributed by atoms with Crippen LogP contribution >= 0.6 is 43.9 Å². The summed E-state index contributed by atoms with van der Waals surface area (Å²) >= 11 is 6.24. The molecular formula is C33H69O3PS3. The SMILES string of the molecule is CCCCCCCCSCCCOP(OCCCSCCCCCCCC)OCCCSCCCCCCCC. The maximum absolute atomic E-state index is 6.09. The molecule has 0 fully saturated rings. The summed E-state index contributed by atoms with van der Waals surface area (Å²) in [4.78, 5) is 0. The van der Waals surface area contributed by atoms with Gasteiger partial charge in [0.2, 0.25) is 0 Å². The lowest BCUT2D eigenvalue weighted by molar-refractivity contribution is 0.161. The molecule has 0 aromatic rings. The van der Waals surface area contributed by atoms with Crippen molar-refractivity contribution in [3.05, 3.63) is 0 Å². The van der Waals surface area contributed by atoms with Crippen molar-refractivity contribution in [2.45, 2.75) is 156 Å². The highest BCUT2D eigenvalue weighted by atomic mass is 32.2. The van der Waals surface area contributed by atoms with E-state index in [1.807, 2.05) is 0 Å². The highest BCUT2D eigenvalue weighted by Gasteiger charge is 2.12. The van der Waals surface area contributed by atoms with Gasteiger partial charge >= 0.3 is 8.60 Å². The van der Waals surface area contributed by atoms with Crippen LogP contribution in [0, 0.1) is 0 Å². The molecule has 0 aliphatic carbocycles. The number of hydrogen-bond donors (Lipinski definition) is 0. The molecule has 40 heavy (non-hydrogen) atoms. The molecule has 0 bridgehead atoms. The van der Waals surface area contributed by atoms with E-state index in [2.05, 4.69) is 56.1 Å². The normalized spacial score (nSPS) is 11.7. The average Bonchev–Trinajstić information content (AvgIpc) is 2.97. The van der Waals surface area contributed by atoms with E-state index >= 15 is 0 Å². The third-order valence-electron chi connectivity index (χ3n) is 6.82. The Kier molecular flexibility index (Phi) is 39.7. The van der Waals surface area contributed by atoms with Crippen molar-refractivity contribution >= 4 is 43.9 Å². The van der Waals surface area contributed by atoms with Gasteiger partial charge in [-0.3, -0.25) is 0 Å². The quantitative estimate of drug-likeness (QED) is 0.0500. The molecule has 0 rings (SSSR count). The molecule has 7 heteroatoms. The molecule has 0 aromatic carbocycles. The third kappa shape index (κ3) is 35.6.